The van der Waals surface area contributed by atoms with E-state index in [0.29, 0.717) is 28.4 Å². The smallest absolute Gasteiger partial charge is 0.323 e. The molecule has 3 N–H and O–H groups in total. The molecule has 1 aliphatic rings. The zero-order valence-electron chi connectivity index (χ0n) is 25.7. The molecular weight excluding hydrogens is 590 g/mol. The van der Waals surface area contributed by atoms with Crippen molar-refractivity contribution in [2.75, 3.05) is 44.5 Å². The number of rotatable bonds is 9. The number of carbonyl (C=O) groups excluding carboxylic acids is 2. The molecule has 0 aliphatic carbocycles. The van der Waals surface area contributed by atoms with Gasteiger partial charge >= 0.3 is 6.03 Å². The third kappa shape index (κ3) is 7.31. The van der Waals surface area contributed by atoms with Gasteiger partial charge in [-0.25, -0.2) is 13.2 Å². The minimum Gasteiger partial charge on any atom is -0.497 e. The second-order valence-electron chi connectivity index (χ2n) is 11.0. The van der Waals surface area contributed by atoms with E-state index in [1.165, 1.54) is 11.4 Å². The Morgan fingerprint density at radius 1 is 1.18 bits per heavy atom. The zero-order chi connectivity index (χ0) is 32.2. The average molecular weight is 630 g/mol. The Bertz CT molecular complexity index is 1570. The number of hydrogen-bond donors (Lipinski definition) is 3. The maximum Gasteiger partial charge on any atom is 0.323 e. The van der Waals surface area contributed by atoms with Gasteiger partial charge in [0, 0.05) is 36.4 Å². The molecular formula is C30H39N5O8S. The van der Waals surface area contributed by atoms with Crippen molar-refractivity contribution in [3.8, 4) is 11.5 Å². The number of anilines is 2. The van der Waals surface area contributed by atoms with Gasteiger partial charge in [0.1, 0.15) is 28.2 Å². The van der Waals surface area contributed by atoms with Gasteiger partial charge in [-0.2, -0.15) is 4.31 Å². The highest BCUT2D eigenvalue weighted by Crippen LogP contribution is 2.30. The molecule has 0 spiro atoms. The molecule has 13 nitrogen and oxygen atoms in total. The van der Waals surface area contributed by atoms with E-state index in [1.807, 2.05) is 6.92 Å². The summed E-state index contributed by atoms with van der Waals surface area (Å²) in [6, 6.07) is 10.8. The largest absolute Gasteiger partial charge is 0.497 e. The van der Waals surface area contributed by atoms with E-state index in [0.717, 1.165) is 0 Å². The Morgan fingerprint density at radius 2 is 1.84 bits per heavy atom. The van der Waals surface area contributed by atoms with Crippen molar-refractivity contribution in [2.24, 2.45) is 5.92 Å². The summed E-state index contributed by atoms with van der Waals surface area (Å²) >= 11 is 0. The predicted octanol–water partition coefficient (Wildman–Crippen LogP) is 3.41. The average Bonchev–Trinajstić information content (AvgIpc) is 3.35. The number of aliphatic hydroxyl groups is 1. The maximum absolute atomic E-state index is 13.5. The van der Waals surface area contributed by atoms with Gasteiger partial charge < -0.3 is 34.6 Å². The van der Waals surface area contributed by atoms with Crippen LogP contribution in [0, 0.1) is 19.8 Å². The number of fused-ring (bicyclic) bond motifs is 1. The van der Waals surface area contributed by atoms with E-state index in [9.17, 15) is 23.1 Å². The molecule has 2 aromatic carbocycles. The van der Waals surface area contributed by atoms with Gasteiger partial charge in [-0.3, -0.25) is 4.79 Å². The normalized spacial score (nSPS) is 18.0. The van der Waals surface area contributed by atoms with Crippen LogP contribution in [0.3, 0.4) is 0 Å². The summed E-state index contributed by atoms with van der Waals surface area (Å²) in [6.07, 6.45) is -0.729. The number of methoxy groups -OCH3 is 1. The molecule has 14 heteroatoms. The van der Waals surface area contributed by atoms with Gasteiger partial charge in [0.2, 0.25) is 15.9 Å². The molecule has 0 saturated carbocycles. The molecule has 0 saturated heterocycles. The number of nitrogens with one attached hydrogen (secondary N) is 2. The van der Waals surface area contributed by atoms with E-state index < -0.39 is 28.2 Å². The van der Waals surface area contributed by atoms with Crippen LogP contribution >= 0.6 is 0 Å². The van der Waals surface area contributed by atoms with E-state index in [4.69, 9.17) is 14.0 Å². The van der Waals surface area contributed by atoms with Crippen molar-refractivity contribution in [1.29, 1.82) is 0 Å². The number of hydrogen-bond acceptors (Lipinski definition) is 9. The fraction of sp³-hybridized carbons (Fsp3) is 0.433. The monoisotopic (exact) mass is 629 g/mol. The lowest BCUT2D eigenvalue weighted by Gasteiger charge is -2.33. The van der Waals surface area contributed by atoms with Crippen molar-refractivity contribution in [3.63, 3.8) is 0 Å². The fourth-order valence-corrected chi connectivity index (χ4v) is 6.51. The molecule has 4 rings (SSSR count). The van der Waals surface area contributed by atoms with Crippen LogP contribution < -0.4 is 20.1 Å². The molecule has 2 heterocycles. The van der Waals surface area contributed by atoms with Crippen LogP contribution in [-0.4, -0.2) is 85.8 Å². The molecule has 3 amide bonds. The first-order chi connectivity index (χ1) is 20.8. The Labute approximate surface area is 257 Å². The highest BCUT2D eigenvalue weighted by atomic mass is 32.2. The third-order valence-corrected chi connectivity index (χ3v) is 9.66. The lowest BCUT2D eigenvalue weighted by atomic mass is 10.0. The lowest BCUT2D eigenvalue weighted by Crippen LogP contribution is -2.48. The number of benzene rings is 2. The SMILES string of the molecule is COc1ccc(NC(=O)Nc2ccc3c(c2)CC(=O)N([C@@H](C)CO)C[C@@H](C)[C@@H](CN(C)S(=O)(=O)c2c(C)noc2C)O3)cc1. The van der Waals surface area contributed by atoms with Gasteiger partial charge in [-0.15, -0.1) is 0 Å². The van der Waals surface area contributed by atoms with Crippen molar-refractivity contribution in [3.05, 3.63) is 59.5 Å². The summed E-state index contributed by atoms with van der Waals surface area (Å²) < 4.78 is 44.8. The number of likely N-dealkylation sites (N-methyl/N-ethyl adjacent to an activating group) is 1. The van der Waals surface area contributed by atoms with Crippen LogP contribution in [-0.2, 0) is 21.2 Å². The molecule has 44 heavy (non-hydrogen) atoms. The fourth-order valence-electron chi connectivity index (χ4n) is 5.04. The molecule has 0 bridgehead atoms. The van der Waals surface area contributed by atoms with Crippen molar-refractivity contribution >= 4 is 33.3 Å². The second-order valence-corrected chi connectivity index (χ2v) is 12.9. The topological polar surface area (TPSA) is 164 Å². The highest BCUT2D eigenvalue weighted by Gasteiger charge is 2.35. The van der Waals surface area contributed by atoms with E-state index in [1.54, 1.807) is 75.2 Å². The Morgan fingerprint density at radius 3 is 2.45 bits per heavy atom. The van der Waals surface area contributed by atoms with E-state index in [-0.39, 0.29) is 54.3 Å². The summed E-state index contributed by atoms with van der Waals surface area (Å²) in [5.74, 6) is 0.670. The number of amides is 3. The highest BCUT2D eigenvalue weighted by molar-refractivity contribution is 7.89. The Hall–Kier alpha value is -4.14. The maximum atomic E-state index is 13.5. The number of nitrogens with zero attached hydrogens (tertiary/aromatic N) is 3. The summed E-state index contributed by atoms with van der Waals surface area (Å²) in [4.78, 5) is 27.8. The van der Waals surface area contributed by atoms with Crippen LogP contribution in [0.2, 0.25) is 0 Å². The van der Waals surface area contributed by atoms with Crippen molar-refractivity contribution in [1.82, 2.24) is 14.4 Å². The van der Waals surface area contributed by atoms with Gasteiger partial charge in [-0.05, 0) is 63.2 Å². The predicted molar refractivity (Wildman–Crippen MR) is 163 cm³/mol. The number of ether oxygens (including phenoxy) is 2. The van der Waals surface area contributed by atoms with E-state index in [2.05, 4.69) is 15.8 Å². The number of sulfonamides is 1. The first kappa shape index (κ1) is 32.8. The molecule has 0 fully saturated rings. The lowest BCUT2D eigenvalue weighted by molar-refractivity contribution is -0.134. The molecule has 3 atom stereocenters. The van der Waals surface area contributed by atoms with Crippen molar-refractivity contribution in [2.45, 2.75) is 51.2 Å². The summed E-state index contributed by atoms with van der Waals surface area (Å²) in [5.41, 5.74) is 1.75. The van der Waals surface area contributed by atoms with Crippen LogP contribution in [0.5, 0.6) is 11.5 Å². The van der Waals surface area contributed by atoms with Gasteiger partial charge in [0.05, 0.1) is 32.7 Å². The quantitative estimate of drug-likeness (QED) is 0.322. The molecule has 238 valence electrons. The third-order valence-electron chi connectivity index (χ3n) is 7.60. The molecule has 0 unspecified atom stereocenters. The first-order valence-electron chi connectivity index (χ1n) is 14.1. The number of aliphatic hydroxyl groups excluding tert-OH is 1. The van der Waals surface area contributed by atoms with Crippen LogP contribution in [0.1, 0.15) is 30.9 Å². The van der Waals surface area contributed by atoms with Crippen LogP contribution in [0.15, 0.2) is 51.9 Å². The van der Waals surface area contributed by atoms with Gasteiger partial charge in [0.25, 0.3) is 0 Å². The van der Waals surface area contributed by atoms with Gasteiger partial charge in [0.15, 0.2) is 5.76 Å². The second kappa shape index (κ2) is 13.7. The number of aromatic nitrogens is 1. The van der Waals surface area contributed by atoms with Crippen LogP contribution in [0.4, 0.5) is 16.2 Å². The molecule has 1 aliphatic heterocycles. The minimum atomic E-state index is -3.97. The summed E-state index contributed by atoms with van der Waals surface area (Å²) in [6.45, 7) is 6.67. The molecule has 3 aromatic rings. The molecule has 0 radical (unpaired) electrons. The molecule has 1 aromatic heterocycles. The Balaban J connectivity index is 1.61. The van der Waals surface area contributed by atoms with E-state index >= 15 is 0 Å². The zero-order valence-corrected chi connectivity index (χ0v) is 26.5. The van der Waals surface area contributed by atoms with Crippen LogP contribution in [0.25, 0.3) is 0 Å². The number of carbonyl (C=O) groups is 2. The Kier molecular flexibility index (Phi) is 10.2. The summed E-state index contributed by atoms with van der Waals surface area (Å²) in [5, 5.41) is 19.2. The summed E-state index contributed by atoms with van der Waals surface area (Å²) in [7, 11) is -0.956. The minimum absolute atomic E-state index is 0.00506. The first-order valence-corrected chi connectivity index (χ1v) is 15.6. The standard InChI is InChI=1S/C30H39N5O8S/c1-18-15-35(19(2)17-36)28(37)14-22-13-24(32-30(38)31-23-7-10-25(41-6)11-8-23)9-12-26(22)42-27(18)16-34(5)44(39,40)29-20(3)33-43-21(29)4/h7-13,18-19,27,36H,14-17H2,1-6H3,(H2,31,32,38)/t18-,19+,27-/m1/s1. The van der Waals surface area contributed by atoms with Crippen molar-refractivity contribution < 1.29 is 37.1 Å². The number of aryl methyl sites for hydroxylation is 2. The van der Waals surface area contributed by atoms with Gasteiger partial charge in [-0.1, -0.05) is 12.1 Å². The number of urea groups is 1.